The molecule has 0 spiro atoms. The summed E-state index contributed by atoms with van der Waals surface area (Å²) < 4.78 is 68.6. The first-order valence-corrected chi connectivity index (χ1v) is 43.8. The number of phosphoric acid groups is 2. The monoisotopic (exact) mass is 1480 g/mol. The lowest BCUT2D eigenvalue weighted by molar-refractivity contribution is -0.161. The van der Waals surface area contributed by atoms with E-state index < -0.39 is 97.5 Å². The number of hydrogen-bond donors (Lipinski definition) is 3. The standard InChI is InChI=1S/C83H148O17P2/c1-5-9-13-17-21-25-29-33-36-37-38-39-42-45-48-52-56-60-64-68-81(86)94-74-79(100-83(88)70-66-62-58-54-50-46-41-35-31-27-23-19-15-11-7-3)76-98-102(91,92)96-72-77(84)71-95-101(89,90)97-75-78(99-82(87)69-65-61-57-53-49-43-32-28-24-20-16-12-8-4)73-93-80(85)67-63-59-55-51-47-44-40-34-30-26-22-18-14-10-6-2/h9,13,21,25,33-34,36,38-40,45,48,56,60,77-79,84H,5-8,10-12,14-20,22-24,26-32,35,37,41-44,46-47,49-55,57-59,61-76H2,1-4H3,(H,89,90)(H,91,92)/b13-9-,25-21-,36-33-,39-38-,40-34-,48-45-,60-56-. The molecule has 592 valence electrons. The number of esters is 4. The molecule has 0 radical (unpaired) electrons. The summed E-state index contributed by atoms with van der Waals surface area (Å²) in [5, 5.41) is 10.6. The van der Waals surface area contributed by atoms with Crippen molar-refractivity contribution in [2.24, 2.45) is 0 Å². The van der Waals surface area contributed by atoms with E-state index in [1.54, 1.807) is 0 Å². The number of aliphatic hydroxyl groups excluding tert-OH is 1. The Morgan fingerprint density at radius 3 is 0.843 bits per heavy atom. The first kappa shape index (κ1) is 98.2. The minimum atomic E-state index is -4.99. The zero-order valence-electron chi connectivity index (χ0n) is 64.8. The summed E-state index contributed by atoms with van der Waals surface area (Å²) in [7, 11) is -9.96. The first-order chi connectivity index (χ1) is 49.7. The van der Waals surface area contributed by atoms with Crippen LogP contribution >= 0.6 is 15.6 Å². The second kappa shape index (κ2) is 75.5. The summed E-state index contributed by atoms with van der Waals surface area (Å²) in [6.07, 6.45) is 78.6. The average molecular weight is 1480 g/mol. The molecule has 0 heterocycles. The summed E-state index contributed by atoms with van der Waals surface area (Å²) in [6.45, 7) is 4.73. The number of carbonyl (C=O) groups excluding carboxylic acids is 4. The Kier molecular flexibility index (Phi) is 72.7. The highest BCUT2D eigenvalue weighted by molar-refractivity contribution is 7.47. The molecule has 17 nitrogen and oxygen atoms in total. The largest absolute Gasteiger partial charge is 0.472 e. The van der Waals surface area contributed by atoms with Crippen LogP contribution in [0.4, 0.5) is 0 Å². The molecule has 0 aliphatic heterocycles. The maximum Gasteiger partial charge on any atom is 0.472 e. The van der Waals surface area contributed by atoms with E-state index in [2.05, 4.69) is 101 Å². The Hall–Kier alpha value is -3.76. The quantitative estimate of drug-likeness (QED) is 0.0169. The smallest absolute Gasteiger partial charge is 0.462 e. The van der Waals surface area contributed by atoms with Crippen molar-refractivity contribution < 1.29 is 80.2 Å². The molecule has 0 aliphatic rings. The number of rotatable bonds is 77. The fourth-order valence-corrected chi connectivity index (χ4v) is 12.8. The number of aliphatic hydroxyl groups is 1. The van der Waals surface area contributed by atoms with E-state index in [4.69, 9.17) is 37.0 Å². The lowest BCUT2D eigenvalue weighted by Crippen LogP contribution is -2.30. The van der Waals surface area contributed by atoms with E-state index in [0.29, 0.717) is 32.1 Å². The number of unbranched alkanes of at least 4 members (excludes halogenated alkanes) is 37. The predicted molar refractivity (Wildman–Crippen MR) is 418 cm³/mol. The Morgan fingerprint density at radius 2 is 0.529 bits per heavy atom. The predicted octanol–water partition coefficient (Wildman–Crippen LogP) is 23.8. The highest BCUT2D eigenvalue weighted by Gasteiger charge is 2.30. The minimum Gasteiger partial charge on any atom is -0.462 e. The van der Waals surface area contributed by atoms with Crippen molar-refractivity contribution in [3.05, 3.63) is 85.1 Å². The SMILES string of the molecule is CC/C=C\C/C=C\C/C=C\C/C=C\C/C=C\C/C=C\CCC(=O)OCC(COP(=O)(O)OCC(O)COP(=O)(O)OCC(COC(=O)CCCCCCC/C=C\CCCCCCCC)OC(=O)CCCCCCCCCCCCCCC)OC(=O)CCCCCCCCCCCCCCCCC. The third-order valence-corrected chi connectivity index (χ3v) is 19.3. The van der Waals surface area contributed by atoms with Crippen molar-refractivity contribution in [1.82, 2.24) is 0 Å². The molecular formula is C83H148O17P2. The molecule has 0 fully saturated rings. The Labute approximate surface area is 621 Å². The Balaban J connectivity index is 5.38. The lowest BCUT2D eigenvalue weighted by Gasteiger charge is -2.21. The number of hydrogen-bond acceptors (Lipinski definition) is 15. The molecule has 19 heteroatoms. The van der Waals surface area contributed by atoms with E-state index in [1.807, 2.05) is 12.2 Å². The van der Waals surface area contributed by atoms with Crippen LogP contribution < -0.4 is 0 Å². The second-order valence-corrected chi connectivity index (χ2v) is 30.3. The Bertz CT molecular complexity index is 2260. The molecule has 5 unspecified atom stereocenters. The fraction of sp³-hybridized carbons (Fsp3) is 0.783. The van der Waals surface area contributed by atoms with Gasteiger partial charge in [0, 0.05) is 25.7 Å². The van der Waals surface area contributed by atoms with Gasteiger partial charge in [0.1, 0.15) is 19.3 Å². The van der Waals surface area contributed by atoms with Gasteiger partial charge in [-0.3, -0.25) is 37.3 Å². The molecule has 0 saturated heterocycles. The molecule has 102 heavy (non-hydrogen) atoms. The maximum atomic E-state index is 13.1. The summed E-state index contributed by atoms with van der Waals surface area (Å²) in [5.41, 5.74) is 0. The van der Waals surface area contributed by atoms with E-state index >= 15 is 0 Å². The molecular weight excluding hydrogens is 1330 g/mol. The van der Waals surface area contributed by atoms with Gasteiger partial charge in [-0.25, -0.2) is 9.13 Å². The van der Waals surface area contributed by atoms with Crippen LogP contribution in [0.2, 0.25) is 0 Å². The number of allylic oxidation sites excluding steroid dienone is 14. The molecule has 0 saturated carbocycles. The van der Waals surface area contributed by atoms with Crippen molar-refractivity contribution in [2.75, 3.05) is 39.6 Å². The minimum absolute atomic E-state index is 0.0393. The molecule has 0 aliphatic carbocycles. The first-order valence-electron chi connectivity index (χ1n) is 40.8. The van der Waals surface area contributed by atoms with E-state index in [0.717, 1.165) is 122 Å². The van der Waals surface area contributed by atoms with Gasteiger partial charge in [0.15, 0.2) is 12.2 Å². The van der Waals surface area contributed by atoms with Crippen LogP contribution in [-0.2, 0) is 65.4 Å². The highest BCUT2D eigenvalue weighted by Crippen LogP contribution is 2.45. The van der Waals surface area contributed by atoms with Crippen LogP contribution in [-0.4, -0.2) is 96.7 Å². The van der Waals surface area contributed by atoms with Gasteiger partial charge in [0.05, 0.1) is 26.4 Å². The second-order valence-electron chi connectivity index (χ2n) is 27.3. The van der Waals surface area contributed by atoms with E-state index in [1.165, 1.54) is 154 Å². The van der Waals surface area contributed by atoms with Gasteiger partial charge in [-0.2, -0.15) is 0 Å². The lowest BCUT2D eigenvalue weighted by atomic mass is 10.0. The third kappa shape index (κ3) is 74.5. The highest BCUT2D eigenvalue weighted by atomic mass is 31.2. The Morgan fingerprint density at radius 1 is 0.284 bits per heavy atom. The molecule has 0 amide bonds. The summed E-state index contributed by atoms with van der Waals surface area (Å²) in [5.74, 6) is -2.25. The summed E-state index contributed by atoms with van der Waals surface area (Å²) >= 11 is 0. The van der Waals surface area contributed by atoms with Crippen molar-refractivity contribution in [3.63, 3.8) is 0 Å². The summed E-state index contributed by atoms with van der Waals surface area (Å²) in [6, 6.07) is 0. The van der Waals surface area contributed by atoms with Crippen LogP contribution in [0.5, 0.6) is 0 Å². The molecule has 5 atom stereocenters. The number of phosphoric ester groups is 2. The zero-order valence-corrected chi connectivity index (χ0v) is 66.6. The fourth-order valence-electron chi connectivity index (χ4n) is 11.2. The van der Waals surface area contributed by atoms with Crippen LogP contribution in [0.25, 0.3) is 0 Å². The topological polar surface area (TPSA) is 237 Å². The van der Waals surface area contributed by atoms with Crippen molar-refractivity contribution in [3.8, 4) is 0 Å². The molecule has 0 rings (SSSR count). The molecule has 0 aromatic rings. The third-order valence-electron chi connectivity index (χ3n) is 17.4. The van der Waals surface area contributed by atoms with Gasteiger partial charge in [0.25, 0.3) is 0 Å². The number of ether oxygens (including phenoxy) is 4. The molecule has 0 aromatic heterocycles. The van der Waals surface area contributed by atoms with Crippen molar-refractivity contribution in [1.29, 1.82) is 0 Å². The van der Waals surface area contributed by atoms with Gasteiger partial charge < -0.3 is 33.8 Å². The average Bonchev–Trinajstić information content (AvgIpc) is 0.924. The van der Waals surface area contributed by atoms with Gasteiger partial charge in [-0.1, -0.05) is 331 Å². The van der Waals surface area contributed by atoms with Crippen molar-refractivity contribution >= 4 is 39.5 Å². The number of carbonyl (C=O) groups is 4. The molecule has 0 aromatic carbocycles. The van der Waals surface area contributed by atoms with Crippen molar-refractivity contribution in [2.45, 2.75) is 380 Å². The van der Waals surface area contributed by atoms with Gasteiger partial charge >= 0.3 is 39.5 Å². The maximum absolute atomic E-state index is 13.1. The van der Waals surface area contributed by atoms with Gasteiger partial charge in [-0.05, 0) is 89.9 Å². The zero-order chi connectivity index (χ0) is 74.6. The normalized spacial score (nSPS) is 14.3. The van der Waals surface area contributed by atoms with E-state index in [9.17, 15) is 43.2 Å². The van der Waals surface area contributed by atoms with E-state index in [-0.39, 0.29) is 25.7 Å². The molecule has 0 bridgehead atoms. The molecule has 3 N–H and O–H groups in total. The van der Waals surface area contributed by atoms with Crippen LogP contribution in [0.3, 0.4) is 0 Å². The van der Waals surface area contributed by atoms with Gasteiger partial charge in [-0.15, -0.1) is 0 Å². The van der Waals surface area contributed by atoms with Gasteiger partial charge in [0.2, 0.25) is 0 Å². The van der Waals surface area contributed by atoms with Crippen LogP contribution in [0, 0.1) is 0 Å². The van der Waals surface area contributed by atoms with Crippen LogP contribution in [0.1, 0.15) is 362 Å². The summed E-state index contributed by atoms with van der Waals surface area (Å²) in [4.78, 5) is 73.0. The van der Waals surface area contributed by atoms with Crippen LogP contribution in [0.15, 0.2) is 85.1 Å².